The Morgan fingerprint density at radius 2 is 1.77 bits per heavy atom. The molecule has 4 aromatic carbocycles. The number of nitro benzene ring substituents is 1. The molecule has 0 unspecified atom stereocenters. The number of benzene rings is 4. The van der Waals surface area contributed by atoms with Gasteiger partial charge in [-0.05, 0) is 61.4 Å². The summed E-state index contributed by atoms with van der Waals surface area (Å²) in [5.74, 6) is -0.328. The molecule has 6 aromatic rings. The van der Waals surface area contributed by atoms with Crippen LogP contribution in [0, 0.1) is 24.0 Å². The van der Waals surface area contributed by atoms with Crippen LogP contribution < -0.4 is 5.32 Å². The summed E-state index contributed by atoms with van der Waals surface area (Å²) < 4.78 is 4.08. The Morgan fingerprint density at radius 3 is 2.55 bits per heavy atom. The van der Waals surface area contributed by atoms with E-state index in [1.807, 2.05) is 54.6 Å². The summed E-state index contributed by atoms with van der Waals surface area (Å²) in [6.45, 7) is 4.89. The molecule has 2 heterocycles. The van der Waals surface area contributed by atoms with E-state index in [0.29, 0.717) is 16.1 Å². The van der Waals surface area contributed by atoms with Crippen molar-refractivity contribution in [3.05, 3.63) is 123 Å². The van der Waals surface area contributed by atoms with Gasteiger partial charge in [0.15, 0.2) is 4.34 Å². The number of anilines is 1. The monoisotopic (exact) mass is 564 g/mol. The van der Waals surface area contributed by atoms with Gasteiger partial charge < -0.3 is 9.88 Å². The van der Waals surface area contributed by atoms with Gasteiger partial charge in [0.1, 0.15) is 0 Å². The minimum atomic E-state index is -0.453. The van der Waals surface area contributed by atoms with E-state index in [4.69, 9.17) is 0 Å². The van der Waals surface area contributed by atoms with Crippen LogP contribution >= 0.6 is 23.1 Å². The zero-order chi connectivity index (χ0) is 27.8. The van der Waals surface area contributed by atoms with Crippen molar-refractivity contribution in [2.45, 2.75) is 29.6 Å². The number of aryl methyl sites for hydroxylation is 1. The van der Waals surface area contributed by atoms with Gasteiger partial charge in [-0.1, -0.05) is 54.2 Å². The maximum absolute atomic E-state index is 13.3. The molecule has 0 fully saturated rings. The van der Waals surface area contributed by atoms with Crippen molar-refractivity contribution >= 4 is 61.5 Å². The van der Waals surface area contributed by atoms with Crippen LogP contribution in [0.1, 0.15) is 27.2 Å². The third-order valence-corrected chi connectivity index (χ3v) is 8.99. The molecule has 0 aliphatic carbocycles. The fourth-order valence-corrected chi connectivity index (χ4v) is 6.91. The number of aromatic nitrogens is 2. The van der Waals surface area contributed by atoms with Gasteiger partial charge in [0.2, 0.25) is 0 Å². The quantitative estimate of drug-likeness (QED) is 0.156. The van der Waals surface area contributed by atoms with E-state index in [1.165, 1.54) is 40.8 Å². The van der Waals surface area contributed by atoms with E-state index in [2.05, 4.69) is 40.8 Å². The van der Waals surface area contributed by atoms with E-state index < -0.39 is 4.92 Å². The van der Waals surface area contributed by atoms with Crippen LogP contribution in [-0.4, -0.2) is 20.4 Å². The molecular formula is C31H24N4O3S2. The van der Waals surface area contributed by atoms with Gasteiger partial charge in [0.25, 0.3) is 11.6 Å². The number of carbonyl (C=O) groups excluding carboxylic acids is 1. The van der Waals surface area contributed by atoms with Gasteiger partial charge in [-0.2, -0.15) is 0 Å². The highest BCUT2D eigenvalue weighted by atomic mass is 32.2. The lowest BCUT2D eigenvalue weighted by molar-refractivity contribution is -0.385. The number of carbonyl (C=O) groups is 1. The fraction of sp³-hybridized carbons (Fsp3) is 0.0968. The van der Waals surface area contributed by atoms with Crippen LogP contribution in [0.3, 0.4) is 0 Å². The second-order valence-corrected chi connectivity index (χ2v) is 11.8. The first-order valence-corrected chi connectivity index (χ1v) is 14.3. The predicted octanol–water partition coefficient (Wildman–Crippen LogP) is 8.23. The Morgan fingerprint density at radius 1 is 1.00 bits per heavy atom. The largest absolute Gasteiger partial charge is 0.340 e. The number of nitro groups is 1. The number of nitrogens with one attached hydrogen (secondary N) is 1. The van der Waals surface area contributed by atoms with Crippen LogP contribution in [0.2, 0.25) is 0 Å². The maximum atomic E-state index is 13.3. The molecule has 2 aromatic heterocycles. The summed E-state index contributed by atoms with van der Waals surface area (Å²) in [5, 5.41) is 15.5. The van der Waals surface area contributed by atoms with Gasteiger partial charge in [-0.3, -0.25) is 14.9 Å². The summed E-state index contributed by atoms with van der Waals surface area (Å²) in [5.41, 5.74) is 6.15. The minimum absolute atomic E-state index is 0.0960. The summed E-state index contributed by atoms with van der Waals surface area (Å²) in [4.78, 5) is 29.8. The average Bonchev–Trinajstić information content (AvgIpc) is 3.47. The summed E-state index contributed by atoms with van der Waals surface area (Å²) in [6.07, 6.45) is 0. The van der Waals surface area contributed by atoms with E-state index in [1.54, 1.807) is 12.1 Å². The highest BCUT2D eigenvalue weighted by Crippen LogP contribution is 2.37. The Balaban J connectivity index is 1.28. The number of para-hydroxylation sites is 1. The SMILES string of the molecule is Cc1c(C)n(Cc2ccccc2)c2ccc(C(=O)Nc3cc(Sc4nc5ccccc5s4)cc([N+](=O)[O-])c3)cc12. The number of amides is 1. The van der Waals surface area contributed by atoms with Crippen molar-refractivity contribution in [1.82, 2.24) is 9.55 Å². The van der Waals surface area contributed by atoms with E-state index in [-0.39, 0.29) is 11.6 Å². The van der Waals surface area contributed by atoms with Gasteiger partial charge >= 0.3 is 0 Å². The maximum Gasteiger partial charge on any atom is 0.272 e. The number of rotatable bonds is 7. The summed E-state index contributed by atoms with van der Waals surface area (Å²) >= 11 is 2.86. The number of hydrogen-bond acceptors (Lipinski definition) is 6. The van der Waals surface area contributed by atoms with Crippen LogP contribution in [0.4, 0.5) is 11.4 Å². The molecule has 6 rings (SSSR count). The molecule has 1 N–H and O–H groups in total. The zero-order valence-electron chi connectivity index (χ0n) is 21.8. The molecule has 198 valence electrons. The van der Waals surface area contributed by atoms with Crippen LogP contribution in [0.5, 0.6) is 0 Å². The molecule has 9 heteroatoms. The van der Waals surface area contributed by atoms with Crippen molar-refractivity contribution in [3.63, 3.8) is 0 Å². The standard InChI is InChI=1S/C31H24N4O3S2/c1-19-20(2)34(18-21-8-4-3-5-9-21)28-13-12-22(14-26(19)28)30(36)32-23-15-24(35(37)38)17-25(16-23)39-31-33-27-10-6-7-11-29(27)40-31/h3-17H,18H2,1-2H3,(H,32,36). The second-order valence-electron chi connectivity index (χ2n) is 9.49. The van der Waals surface area contributed by atoms with Gasteiger partial charge in [-0.25, -0.2) is 4.98 Å². The average molecular weight is 565 g/mol. The lowest BCUT2D eigenvalue weighted by Gasteiger charge is -2.10. The number of nitrogens with zero attached hydrogens (tertiary/aromatic N) is 3. The lowest BCUT2D eigenvalue weighted by Crippen LogP contribution is -2.12. The van der Waals surface area contributed by atoms with Crippen LogP contribution in [-0.2, 0) is 6.54 Å². The third-order valence-electron chi connectivity index (χ3n) is 6.92. The first-order valence-electron chi connectivity index (χ1n) is 12.6. The molecular weight excluding hydrogens is 541 g/mol. The van der Waals surface area contributed by atoms with Gasteiger partial charge in [-0.15, -0.1) is 11.3 Å². The van der Waals surface area contributed by atoms with Crippen molar-refractivity contribution in [2.24, 2.45) is 0 Å². The molecule has 0 aliphatic rings. The zero-order valence-corrected chi connectivity index (χ0v) is 23.4. The van der Waals surface area contributed by atoms with Gasteiger partial charge in [0, 0.05) is 51.4 Å². The van der Waals surface area contributed by atoms with Crippen molar-refractivity contribution in [1.29, 1.82) is 0 Å². The Labute approximate surface area is 238 Å². The highest BCUT2D eigenvalue weighted by molar-refractivity contribution is 8.01. The summed E-state index contributed by atoms with van der Waals surface area (Å²) in [7, 11) is 0. The molecule has 0 atom stereocenters. The number of hydrogen-bond donors (Lipinski definition) is 1. The van der Waals surface area contributed by atoms with E-state index in [0.717, 1.165) is 43.3 Å². The Hall–Kier alpha value is -4.47. The number of non-ortho nitro benzene ring substituents is 1. The molecule has 40 heavy (non-hydrogen) atoms. The molecule has 0 saturated heterocycles. The minimum Gasteiger partial charge on any atom is -0.340 e. The smallest absolute Gasteiger partial charge is 0.272 e. The van der Waals surface area contributed by atoms with Crippen LogP contribution in [0.25, 0.3) is 21.1 Å². The van der Waals surface area contributed by atoms with Crippen molar-refractivity contribution in [2.75, 3.05) is 5.32 Å². The molecule has 0 saturated carbocycles. The third kappa shape index (κ3) is 5.09. The van der Waals surface area contributed by atoms with Gasteiger partial charge in [0.05, 0.1) is 15.1 Å². The second kappa shape index (κ2) is 10.6. The Kier molecular flexibility index (Phi) is 6.83. The van der Waals surface area contributed by atoms with Crippen molar-refractivity contribution < 1.29 is 9.72 Å². The Bertz CT molecular complexity index is 1880. The van der Waals surface area contributed by atoms with E-state index in [9.17, 15) is 14.9 Å². The fourth-order valence-electron chi connectivity index (χ4n) is 4.78. The van der Waals surface area contributed by atoms with Crippen LogP contribution in [0.15, 0.2) is 100 Å². The van der Waals surface area contributed by atoms with Crippen molar-refractivity contribution in [3.8, 4) is 0 Å². The molecule has 0 bridgehead atoms. The number of thiazole rings is 1. The van der Waals surface area contributed by atoms with E-state index >= 15 is 0 Å². The summed E-state index contributed by atoms with van der Waals surface area (Å²) in [6, 6.07) is 28.4. The first kappa shape index (κ1) is 25.8. The molecule has 1 amide bonds. The lowest BCUT2D eigenvalue weighted by atomic mass is 10.1. The normalized spacial score (nSPS) is 11.2. The molecule has 7 nitrogen and oxygen atoms in total. The number of fused-ring (bicyclic) bond motifs is 2. The molecule has 0 aliphatic heterocycles. The first-order chi connectivity index (χ1) is 19.4. The topological polar surface area (TPSA) is 90.1 Å². The highest BCUT2D eigenvalue weighted by Gasteiger charge is 2.17. The predicted molar refractivity (Wildman–Crippen MR) is 162 cm³/mol. The molecule has 0 spiro atoms. The molecule has 0 radical (unpaired) electrons.